The average molecular weight is 317 g/mol. The van der Waals surface area contributed by atoms with E-state index < -0.39 is 5.97 Å². The van der Waals surface area contributed by atoms with E-state index in [-0.39, 0.29) is 12.3 Å². The highest BCUT2D eigenvalue weighted by atomic mass is 32.1. The van der Waals surface area contributed by atoms with Crippen LogP contribution >= 0.6 is 11.3 Å². The summed E-state index contributed by atoms with van der Waals surface area (Å²) in [6.07, 6.45) is 1.47. The highest BCUT2D eigenvalue weighted by Crippen LogP contribution is 2.23. The molecule has 0 aliphatic rings. The Labute approximate surface area is 133 Å². The Bertz CT molecular complexity index is 691. The summed E-state index contributed by atoms with van der Waals surface area (Å²) in [6.45, 7) is 4.09. The molecule has 0 saturated carbocycles. The van der Waals surface area contributed by atoms with Crippen LogP contribution in [-0.4, -0.2) is 17.0 Å². The molecule has 1 amide bonds. The Morgan fingerprint density at radius 3 is 2.68 bits per heavy atom. The van der Waals surface area contributed by atoms with Gasteiger partial charge in [0.05, 0.1) is 4.88 Å². The van der Waals surface area contributed by atoms with Crippen LogP contribution in [0.1, 0.15) is 39.0 Å². The van der Waals surface area contributed by atoms with Gasteiger partial charge in [-0.25, -0.2) is 0 Å². The first-order valence-electron chi connectivity index (χ1n) is 7.21. The molecule has 0 fully saturated rings. The van der Waals surface area contributed by atoms with Gasteiger partial charge in [0.25, 0.3) is 5.91 Å². The van der Waals surface area contributed by atoms with Gasteiger partial charge in [-0.05, 0) is 49.1 Å². The van der Waals surface area contributed by atoms with Gasteiger partial charge in [-0.15, -0.1) is 11.3 Å². The van der Waals surface area contributed by atoms with E-state index >= 15 is 0 Å². The second kappa shape index (κ2) is 7.22. The van der Waals surface area contributed by atoms with Crippen molar-refractivity contribution >= 4 is 28.9 Å². The molecular weight excluding hydrogens is 298 g/mol. The van der Waals surface area contributed by atoms with Crippen molar-refractivity contribution in [1.82, 2.24) is 0 Å². The maximum absolute atomic E-state index is 12.3. The molecule has 2 rings (SSSR count). The number of rotatable bonds is 6. The van der Waals surface area contributed by atoms with Crippen LogP contribution in [0.3, 0.4) is 0 Å². The quantitative estimate of drug-likeness (QED) is 0.849. The molecule has 0 aliphatic carbocycles. The monoisotopic (exact) mass is 317 g/mol. The average Bonchev–Trinajstić information content (AvgIpc) is 2.87. The van der Waals surface area contributed by atoms with Crippen LogP contribution in [-0.2, 0) is 17.6 Å². The number of hydrogen-bond donors (Lipinski definition) is 2. The lowest BCUT2D eigenvalue weighted by Gasteiger charge is -2.06. The minimum Gasteiger partial charge on any atom is -0.481 e. The number of carbonyl (C=O) groups is 2. The van der Waals surface area contributed by atoms with Gasteiger partial charge < -0.3 is 10.4 Å². The molecule has 0 bridgehead atoms. The standard InChI is InChI=1S/C17H19NO3S/c1-3-14-11(2)9-15(22-14)17(21)18-13-6-4-5-12(10-13)7-8-16(19)20/h4-6,9-10H,3,7-8H2,1-2H3,(H,18,21)(H,19,20). The van der Waals surface area contributed by atoms with Crippen LogP contribution in [0.15, 0.2) is 30.3 Å². The zero-order valence-corrected chi connectivity index (χ0v) is 13.5. The van der Waals surface area contributed by atoms with Crippen molar-refractivity contribution in [3.05, 3.63) is 51.2 Å². The van der Waals surface area contributed by atoms with Gasteiger partial charge in [-0.1, -0.05) is 19.1 Å². The maximum atomic E-state index is 12.3. The molecular formula is C17H19NO3S. The minimum atomic E-state index is -0.824. The fourth-order valence-electron chi connectivity index (χ4n) is 2.23. The predicted molar refractivity (Wildman–Crippen MR) is 88.8 cm³/mol. The van der Waals surface area contributed by atoms with Gasteiger partial charge in [-0.2, -0.15) is 0 Å². The summed E-state index contributed by atoms with van der Waals surface area (Å²) < 4.78 is 0. The zero-order chi connectivity index (χ0) is 16.1. The van der Waals surface area contributed by atoms with Crippen molar-refractivity contribution in [1.29, 1.82) is 0 Å². The van der Waals surface area contributed by atoms with Gasteiger partial charge in [0, 0.05) is 17.0 Å². The molecule has 116 valence electrons. The van der Waals surface area contributed by atoms with Crippen molar-refractivity contribution in [2.45, 2.75) is 33.1 Å². The van der Waals surface area contributed by atoms with E-state index in [0.29, 0.717) is 17.0 Å². The zero-order valence-electron chi connectivity index (χ0n) is 12.7. The molecule has 5 heteroatoms. The Morgan fingerprint density at radius 2 is 2.05 bits per heavy atom. The Hall–Kier alpha value is -2.14. The number of carboxylic acids is 1. The topological polar surface area (TPSA) is 66.4 Å². The fourth-order valence-corrected chi connectivity index (χ4v) is 3.24. The highest BCUT2D eigenvalue weighted by molar-refractivity contribution is 7.14. The summed E-state index contributed by atoms with van der Waals surface area (Å²) in [5, 5.41) is 11.6. The molecule has 0 aliphatic heterocycles. The van der Waals surface area contributed by atoms with E-state index in [1.807, 2.05) is 37.3 Å². The normalized spacial score (nSPS) is 10.5. The molecule has 2 aromatic rings. The van der Waals surface area contributed by atoms with Crippen LogP contribution in [0.2, 0.25) is 0 Å². The van der Waals surface area contributed by atoms with Crippen molar-refractivity contribution in [3.63, 3.8) is 0 Å². The van der Waals surface area contributed by atoms with E-state index in [9.17, 15) is 9.59 Å². The lowest BCUT2D eigenvalue weighted by atomic mass is 10.1. The van der Waals surface area contributed by atoms with Gasteiger partial charge in [0.15, 0.2) is 0 Å². The number of anilines is 1. The number of aryl methyl sites for hydroxylation is 3. The number of carbonyl (C=O) groups excluding carboxylic acids is 1. The fraction of sp³-hybridized carbons (Fsp3) is 0.294. The van der Waals surface area contributed by atoms with Gasteiger partial charge in [0.1, 0.15) is 0 Å². The first-order valence-corrected chi connectivity index (χ1v) is 8.02. The number of aliphatic carboxylic acids is 1. The van der Waals surface area contributed by atoms with Gasteiger partial charge in [-0.3, -0.25) is 9.59 Å². The number of carboxylic acid groups (broad SMARTS) is 1. The molecule has 4 nitrogen and oxygen atoms in total. The van der Waals surface area contributed by atoms with Crippen LogP contribution < -0.4 is 5.32 Å². The van der Waals surface area contributed by atoms with Crippen LogP contribution in [0, 0.1) is 6.92 Å². The number of amides is 1. The van der Waals surface area contributed by atoms with E-state index in [1.54, 1.807) is 0 Å². The molecule has 1 heterocycles. The first-order chi connectivity index (χ1) is 10.5. The second-order valence-corrected chi connectivity index (χ2v) is 6.26. The van der Waals surface area contributed by atoms with Crippen LogP contribution in [0.4, 0.5) is 5.69 Å². The van der Waals surface area contributed by atoms with E-state index in [2.05, 4.69) is 12.2 Å². The van der Waals surface area contributed by atoms with Crippen molar-refractivity contribution in [3.8, 4) is 0 Å². The number of thiophene rings is 1. The van der Waals surface area contributed by atoms with E-state index in [1.165, 1.54) is 16.2 Å². The smallest absolute Gasteiger partial charge is 0.303 e. The lowest BCUT2D eigenvalue weighted by molar-refractivity contribution is -0.136. The Morgan fingerprint density at radius 1 is 1.27 bits per heavy atom. The minimum absolute atomic E-state index is 0.0847. The summed E-state index contributed by atoms with van der Waals surface area (Å²) >= 11 is 1.52. The maximum Gasteiger partial charge on any atom is 0.303 e. The van der Waals surface area contributed by atoms with E-state index in [4.69, 9.17) is 5.11 Å². The summed E-state index contributed by atoms with van der Waals surface area (Å²) in [6, 6.07) is 9.23. The van der Waals surface area contributed by atoms with E-state index in [0.717, 1.165) is 17.5 Å². The third kappa shape index (κ3) is 4.18. The molecule has 0 saturated heterocycles. The summed E-state index contributed by atoms with van der Waals surface area (Å²) in [5.41, 5.74) is 2.74. The van der Waals surface area contributed by atoms with Gasteiger partial charge in [0.2, 0.25) is 0 Å². The second-order valence-electron chi connectivity index (χ2n) is 5.12. The largest absolute Gasteiger partial charge is 0.481 e. The molecule has 0 atom stereocenters. The molecule has 0 unspecified atom stereocenters. The summed E-state index contributed by atoms with van der Waals surface area (Å²) in [7, 11) is 0. The molecule has 2 N–H and O–H groups in total. The number of hydrogen-bond acceptors (Lipinski definition) is 3. The molecule has 0 radical (unpaired) electrons. The van der Waals surface area contributed by atoms with Crippen LogP contribution in [0.5, 0.6) is 0 Å². The third-order valence-electron chi connectivity index (χ3n) is 3.38. The molecule has 1 aromatic carbocycles. The van der Waals surface area contributed by atoms with Crippen molar-refractivity contribution in [2.24, 2.45) is 0 Å². The number of nitrogens with one attached hydrogen (secondary N) is 1. The van der Waals surface area contributed by atoms with Gasteiger partial charge >= 0.3 is 5.97 Å². The summed E-state index contributed by atoms with van der Waals surface area (Å²) in [4.78, 5) is 24.8. The first kappa shape index (κ1) is 16.2. The third-order valence-corrected chi connectivity index (χ3v) is 4.76. The SMILES string of the molecule is CCc1sc(C(=O)Nc2cccc(CCC(=O)O)c2)cc1C. The molecule has 0 spiro atoms. The Kier molecular flexibility index (Phi) is 5.33. The van der Waals surface area contributed by atoms with Crippen molar-refractivity contribution in [2.75, 3.05) is 5.32 Å². The lowest BCUT2D eigenvalue weighted by Crippen LogP contribution is -2.10. The molecule has 22 heavy (non-hydrogen) atoms. The molecule has 1 aromatic heterocycles. The predicted octanol–water partition coefficient (Wildman–Crippen LogP) is 3.89. The van der Waals surface area contributed by atoms with Crippen molar-refractivity contribution < 1.29 is 14.7 Å². The summed E-state index contributed by atoms with van der Waals surface area (Å²) in [5.74, 6) is -0.946. The number of benzene rings is 1. The highest BCUT2D eigenvalue weighted by Gasteiger charge is 2.12. The van der Waals surface area contributed by atoms with Crippen LogP contribution in [0.25, 0.3) is 0 Å². The Balaban J connectivity index is 2.07.